The van der Waals surface area contributed by atoms with Crippen molar-refractivity contribution in [3.05, 3.63) is 87.4 Å². The summed E-state index contributed by atoms with van der Waals surface area (Å²) in [7, 11) is 2.71. The van der Waals surface area contributed by atoms with Crippen molar-refractivity contribution >= 4 is 16.7 Å². The van der Waals surface area contributed by atoms with Crippen LogP contribution in [-0.4, -0.2) is 19.4 Å². The molecule has 2 N–H and O–H groups in total. The molecule has 1 atom stereocenters. The van der Waals surface area contributed by atoms with Gasteiger partial charge in [-0.1, -0.05) is 6.07 Å². The van der Waals surface area contributed by atoms with Gasteiger partial charge in [0.25, 0.3) is 0 Å². The Morgan fingerprint density at radius 2 is 1.67 bits per heavy atom. The van der Waals surface area contributed by atoms with Crippen LogP contribution in [0.3, 0.4) is 0 Å². The lowest BCUT2D eigenvalue weighted by atomic mass is 10.0. The molecule has 8 nitrogen and oxygen atoms in total. The largest absolute Gasteiger partial charge is 0.595 e. The van der Waals surface area contributed by atoms with Gasteiger partial charge in [-0.05, 0) is 47.5 Å². The summed E-state index contributed by atoms with van der Waals surface area (Å²) in [6.45, 7) is 0.0193. The molecule has 188 valence electrons. The molecule has 11 heteroatoms. The van der Waals surface area contributed by atoms with Crippen molar-refractivity contribution in [2.45, 2.75) is 12.8 Å². The van der Waals surface area contributed by atoms with Gasteiger partial charge in [0, 0.05) is 18.2 Å². The Morgan fingerprint density at radius 1 is 0.972 bits per heavy atom. The lowest BCUT2D eigenvalue weighted by Gasteiger charge is -2.15. The molecule has 0 saturated heterocycles. The number of halogens is 3. The fourth-order valence-corrected chi connectivity index (χ4v) is 3.63. The molecule has 0 radical (unpaired) electrons. The second kappa shape index (κ2) is 9.90. The molecule has 0 aliphatic heterocycles. The molecule has 0 bridgehead atoms. The number of fused-ring (bicyclic) bond motifs is 1. The number of nitrogens with one attached hydrogen (secondary N) is 1. The molecule has 1 heterocycles. The summed E-state index contributed by atoms with van der Waals surface area (Å²) in [5.41, 5.74) is -1.11. The predicted molar refractivity (Wildman–Crippen MR) is 123 cm³/mol. The summed E-state index contributed by atoms with van der Waals surface area (Å²) < 4.78 is 63.0. The van der Waals surface area contributed by atoms with Gasteiger partial charge in [0.05, 0.1) is 25.2 Å². The van der Waals surface area contributed by atoms with E-state index in [1.807, 2.05) is 0 Å². The molecule has 0 amide bonds. The van der Waals surface area contributed by atoms with Crippen molar-refractivity contribution < 1.29 is 42.2 Å². The third-order valence-electron chi connectivity index (χ3n) is 5.40. The van der Waals surface area contributed by atoms with Crippen LogP contribution in [0.15, 0.2) is 69.9 Å². The molecule has 0 spiro atoms. The summed E-state index contributed by atoms with van der Waals surface area (Å²) in [5, 5.41) is 18.8. The SMILES string of the molecule is COc1ccc(-c2c(C(F)(F)F)oc3cc(OCc4ccc([NH+]([O-])O)cc4)ccc3c2=O)cc1OC. The maximum atomic E-state index is 14.0. The van der Waals surface area contributed by atoms with Gasteiger partial charge in [0.1, 0.15) is 17.9 Å². The monoisotopic (exact) mass is 503 g/mol. The first kappa shape index (κ1) is 25.0. The lowest BCUT2D eigenvalue weighted by molar-refractivity contribution is -0.991. The molecule has 0 aliphatic rings. The van der Waals surface area contributed by atoms with Crippen LogP contribution in [0.1, 0.15) is 11.3 Å². The van der Waals surface area contributed by atoms with E-state index in [0.717, 1.165) is 0 Å². The second-order valence-corrected chi connectivity index (χ2v) is 7.65. The summed E-state index contributed by atoms with van der Waals surface area (Å²) in [6.07, 6.45) is -4.96. The Labute approximate surface area is 202 Å². The number of methoxy groups -OCH3 is 2. The van der Waals surface area contributed by atoms with Gasteiger partial charge in [-0.2, -0.15) is 18.4 Å². The van der Waals surface area contributed by atoms with Crippen molar-refractivity contribution in [2.24, 2.45) is 0 Å². The first-order chi connectivity index (χ1) is 17.1. The Kier molecular flexibility index (Phi) is 6.88. The van der Waals surface area contributed by atoms with Gasteiger partial charge in [-0.3, -0.25) is 4.79 Å². The summed E-state index contributed by atoms with van der Waals surface area (Å²) in [6, 6.07) is 13.9. The van der Waals surface area contributed by atoms with E-state index in [0.29, 0.717) is 11.3 Å². The van der Waals surface area contributed by atoms with E-state index < -0.39 is 28.2 Å². The molecular weight excluding hydrogens is 483 g/mol. The van der Waals surface area contributed by atoms with Crippen LogP contribution < -0.4 is 24.9 Å². The first-order valence-electron chi connectivity index (χ1n) is 10.5. The van der Waals surface area contributed by atoms with Crippen LogP contribution in [0.5, 0.6) is 17.2 Å². The van der Waals surface area contributed by atoms with E-state index in [4.69, 9.17) is 23.8 Å². The number of quaternary nitrogens is 1. The standard InChI is InChI=1S/C25H20F3NO7/c1-33-19-10-5-15(11-21(19)34-2)22-23(30)18-9-8-17(12-20(18)36-24(22)25(26,27)28)35-13-14-3-6-16(7-4-14)29(31)32/h3-12,29,31H,13H2,1-2H3. The number of benzene rings is 3. The molecule has 36 heavy (non-hydrogen) atoms. The van der Waals surface area contributed by atoms with E-state index in [1.165, 1.54) is 62.8 Å². The van der Waals surface area contributed by atoms with Crippen LogP contribution in [0, 0.1) is 5.21 Å². The van der Waals surface area contributed by atoms with Gasteiger partial charge in [0.2, 0.25) is 11.2 Å². The average molecular weight is 503 g/mol. The zero-order valence-corrected chi connectivity index (χ0v) is 19.0. The zero-order chi connectivity index (χ0) is 26.0. The Balaban J connectivity index is 1.74. The van der Waals surface area contributed by atoms with E-state index >= 15 is 0 Å². The number of rotatable bonds is 7. The van der Waals surface area contributed by atoms with Gasteiger partial charge in [-0.25, -0.2) is 5.21 Å². The van der Waals surface area contributed by atoms with Gasteiger partial charge < -0.3 is 23.8 Å². The molecule has 3 aromatic carbocycles. The maximum Gasteiger partial charge on any atom is 0.450 e. The second-order valence-electron chi connectivity index (χ2n) is 7.65. The van der Waals surface area contributed by atoms with Crippen LogP contribution in [-0.2, 0) is 12.8 Å². The van der Waals surface area contributed by atoms with E-state index in [1.54, 1.807) is 12.1 Å². The minimum absolute atomic E-state index is 0.0193. The Bertz CT molecular complexity index is 1450. The van der Waals surface area contributed by atoms with Crippen molar-refractivity contribution in [1.82, 2.24) is 0 Å². The first-order valence-corrected chi connectivity index (χ1v) is 10.5. The molecule has 4 aromatic rings. The summed E-state index contributed by atoms with van der Waals surface area (Å²) in [4.78, 5) is 13.2. The van der Waals surface area contributed by atoms with Gasteiger partial charge in [0.15, 0.2) is 17.2 Å². The third kappa shape index (κ3) is 4.98. The summed E-state index contributed by atoms with van der Waals surface area (Å²) in [5.74, 6) is -0.837. The smallest absolute Gasteiger partial charge is 0.450 e. The minimum Gasteiger partial charge on any atom is -0.595 e. The Morgan fingerprint density at radius 3 is 2.28 bits per heavy atom. The highest BCUT2D eigenvalue weighted by atomic mass is 19.4. The van der Waals surface area contributed by atoms with Crippen LogP contribution in [0.4, 0.5) is 18.9 Å². The van der Waals surface area contributed by atoms with E-state index in [9.17, 15) is 23.2 Å². The molecule has 1 aromatic heterocycles. The highest BCUT2D eigenvalue weighted by Crippen LogP contribution is 2.40. The fraction of sp³-hybridized carbons (Fsp3) is 0.160. The molecule has 0 fully saturated rings. The fourth-order valence-electron chi connectivity index (χ4n) is 3.63. The lowest BCUT2D eigenvalue weighted by Crippen LogP contribution is -2.99. The van der Waals surface area contributed by atoms with E-state index in [-0.39, 0.29) is 40.3 Å². The van der Waals surface area contributed by atoms with Crippen LogP contribution in [0.25, 0.3) is 22.1 Å². The highest BCUT2D eigenvalue weighted by Gasteiger charge is 2.39. The average Bonchev–Trinajstić information content (AvgIpc) is 2.86. The van der Waals surface area contributed by atoms with Crippen molar-refractivity contribution in [3.63, 3.8) is 0 Å². The molecule has 1 unspecified atom stereocenters. The summed E-state index contributed by atoms with van der Waals surface area (Å²) >= 11 is 0. The number of hydrogen-bond acceptors (Lipinski definition) is 7. The van der Waals surface area contributed by atoms with Gasteiger partial charge >= 0.3 is 6.18 Å². The Hall–Kier alpha value is -4.06. The number of ether oxygens (including phenoxy) is 3. The van der Waals surface area contributed by atoms with Crippen molar-refractivity contribution in [2.75, 3.05) is 14.2 Å². The van der Waals surface area contributed by atoms with Gasteiger partial charge in [-0.15, -0.1) is 0 Å². The number of hydrogen-bond donors (Lipinski definition) is 2. The van der Waals surface area contributed by atoms with E-state index in [2.05, 4.69) is 0 Å². The van der Waals surface area contributed by atoms with Crippen molar-refractivity contribution in [3.8, 4) is 28.4 Å². The quantitative estimate of drug-likeness (QED) is 0.358. The maximum absolute atomic E-state index is 14.0. The zero-order valence-electron chi connectivity index (χ0n) is 19.0. The van der Waals surface area contributed by atoms with Crippen LogP contribution >= 0.6 is 0 Å². The van der Waals surface area contributed by atoms with Crippen molar-refractivity contribution in [1.29, 1.82) is 0 Å². The highest BCUT2D eigenvalue weighted by molar-refractivity contribution is 5.84. The third-order valence-corrected chi connectivity index (χ3v) is 5.40. The molecular formula is C25H20F3NO7. The molecule has 0 saturated carbocycles. The molecule has 4 rings (SSSR count). The molecule has 0 aliphatic carbocycles. The predicted octanol–water partition coefficient (Wildman–Crippen LogP) is 4.48. The van der Waals surface area contributed by atoms with Crippen LogP contribution in [0.2, 0.25) is 0 Å². The number of alkyl halides is 3. The topological polar surface area (TPSA) is 106 Å². The normalized spacial score (nSPS) is 12.4. The minimum atomic E-state index is -4.96.